The second-order valence-corrected chi connectivity index (χ2v) is 7.21. The number of hydrogen-bond acceptors (Lipinski definition) is 7. The molecule has 1 N–H and O–H groups in total. The summed E-state index contributed by atoms with van der Waals surface area (Å²) in [7, 11) is 3.66. The third-order valence-corrected chi connectivity index (χ3v) is 5.55. The molecule has 1 aliphatic heterocycles. The third-order valence-electron chi connectivity index (χ3n) is 4.73. The number of likely N-dealkylation sites (N-methyl/N-ethyl adjacent to an activating group) is 1. The number of hydrogen-bond donors (Lipinski definition) is 1. The number of thiophene rings is 1. The van der Waals surface area contributed by atoms with Gasteiger partial charge in [-0.1, -0.05) is 0 Å². The molecule has 1 unspecified atom stereocenters. The van der Waals surface area contributed by atoms with Crippen LogP contribution in [0.5, 0.6) is 0 Å². The Morgan fingerprint density at radius 3 is 2.61 bits per heavy atom. The number of aryl methyl sites for hydroxylation is 1. The third kappa shape index (κ3) is 4.22. The molecule has 3 aromatic heterocycles. The van der Waals surface area contributed by atoms with Gasteiger partial charge in [-0.25, -0.2) is 9.97 Å². The first-order valence-corrected chi connectivity index (χ1v) is 9.43. The molecule has 0 spiro atoms. The molecule has 3 aromatic rings. The van der Waals surface area contributed by atoms with Gasteiger partial charge in [-0.2, -0.15) is 5.10 Å². The van der Waals surface area contributed by atoms with Crippen molar-refractivity contribution < 1.29 is 4.79 Å². The fourth-order valence-corrected chi connectivity index (χ4v) is 4.10. The average molecular weight is 444 g/mol. The van der Waals surface area contributed by atoms with E-state index in [0.717, 1.165) is 34.7 Å². The van der Waals surface area contributed by atoms with E-state index in [0.29, 0.717) is 13.1 Å². The normalized spacial score (nSPS) is 15.1. The maximum absolute atomic E-state index is 12.9. The molecule has 152 valence electrons. The lowest BCUT2D eigenvalue weighted by Gasteiger charge is -2.37. The molecule has 28 heavy (non-hydrogen) atoms. The first-order valence-electron chi connectivity index (χ1n) is 8.55. The van der Waals surface area contributed by atoms with Crippen molar-refractivity contribution in [3.8, 4) is 0 Å². The summed E-state index contributed by atoms with van der Waals surface area (Å²) in [6.07, 6.45) is 5.23. The van der Waals surface area contributed by atoms with Crippen LogP contribution in [-0.4, -0.2) is 63.8 Å². The highest BCUT2D eigenvalue weighted by atomic mass is 35.5. The van der Waals surface area contributed by atoms with Crippen LogP contribution < -0.4 is 10.2 Å². The smallest absolute Gasteiger partial charge is 0.244 e. The summed E-state index contributed by atoms with van der Waals surface area (Å²) in [6.45, 7) is 2.87. The number of carbonyl (C=O) groups is 1. The van der Waals surface area contributed by atoms with Crippen molar-refractivity contribution in [3.05, 3.63) is 35.7 Å². The monoisotopic (exact) mass is 443 g/mol. The minimum absolute atomic E-state index is 0. The summed E-state index contributed by atoms with van der Waals surface area (Å²) < 4.78 is 1.71. The number of halogens is 2. The Morgan fingerprint density at radius 2 is 1.96 bits per heavy atom. The van der Waals surface area contributed by atoms with E-state index in [1.54, 1.807) is 35.6 Å². The molecule has 1 saturated heterocycles. The summed E-state index contributed by atoms with van der Waals surface area (Å²) in [5.74, 6) is 1.05. The van der Waals surface area contributed by atoms with Crippen LogP contribution in [0, 0.1) is 0 Å². The molecule has 11 heteroatoms. The van der Waals surface area contributed by atoms with Gasteiger partial charge < -0.3 is 15.1 Å². The maximum Gasteiger partial charge on any atom is 0.244 e. The number of carbonyl (C=O) groups excluding carboxylic acids is 1. The quantitative estimate of drug-likeness (QED) is 0.662. The van der Waals surface area contributed by atoms with Crippen LogP contribution in [0.25, 0.3) is 10.2 Å². The van der Waals surface area contributed by atoms with Crippen molar-refractivity contribution in [2.75, 3.05) is 38.1 Å². The molecular weight excluding hydrogens is 421 g/mol. The molecule has 1 fully saturated rings. The number of piperazine rings is 1. The molecule has 8 nitrogen and oxygen atoms in total. The zero-order chi connectivity index (χ0) is 18.1. The largest absolute Gasteiger partial charge is 0.352 e. The van der Waals surface area contributed by atoms with Gasteiger partial charge in [0.25, 0.3) is 0 Å². The number of anilines is 1. The lowest BCUT2D eigenvalue weighted by Crippen LogP contribution is -2.51. The van der Waals surface area contributed by atoms with Crippen molar-refractivity contribution in [2.24, 2.45) is 7.05 Å². The van der Waals surface area contributed by atoms with Gasteiger partial charge in [-0.15, -0.1) is 36.2 Å². The Kier molecular flexibility index (Phi) is 7.59. The first-order chi connectivity index (χ1) is 12.7. The van der Waals surface area contributed by atoms with E-state index < -0.39 is 0 Å². The fourth-order valence-electron chi connectivity index (χ4n) is 3.37. The lowest BCUT2D eigenvalue weighted by atomic mass is 10.1. The number of aromatic nitrogens is 4. The standard InChI is InChI=1S/C17H21N7OS.2ClH/c1-18-14(12-9-21-22(2)10-12)17(25)24-6-4-23(5-7-24)15-13-3-8-26-16(13)20-11-19-15;;/h3,8-11,14,18H,4-7H2,1-2H3;2*1H. The van der Waals surface area contributed by atoms with E-state index in [2.05, 4.69) is 31.3 Å². The van der Waals surface area contributed by atoms with Crippen molar-refractivity contribution >= 4 is 58.1 Å². The highest BCUT2D eigenvalue weighted by molar-refractivity contribution is 7.16. The summed E-state index contributed by atoms with van der Waals surface area (Å²) in [5, 5.41) is 10.4. The van der Waals surface area contributed by atoms with Crippen LogP contribution in [0.4, 0.5) is 5.82 Å². The van der Waals surface area contributed by atoms with E-state index in [1.165, 1.54) is 0 Å². The number of nitrogens with zero attached hydrogens (tertiary/aromatic N) is 6. The molecule has 0 aromatic carbocycles. The van der Waals surface area contributed by atoms with Crippen LogP contribution in [0.15, 0.2) is 30.2 Å². The van der Waals surface area contributed by atoms with Crippen LogP contribution in [-0.2, 0) is 11.8 Å². The van der Waals surface area contributed by atoms with Gasteiger partial charge >= 0.3 is 0 Å². The zero-order valence-electron chi connectivity index (χ0n) is 15.6. The SMILES string of the molecule is CNC(C(=O)N1CCN(c2ncnc3sccc23)CC1)c1cnn(C)c1.Cl.Cl. The lowest BCUT2D eigenvalue weighted by molar-refractivity contribution is -0.133. The summed E-state index contributed by atoms with van der Waals surface area (Å²) in [5.41, 5.74) is 0.887. The Balaban J connectivity index is 0.00000140. The number of fused-ring (bicyclic) bond motifs is 1. The minimum atomic E-state index is -0.363. The Labute approximate surface area is 179 Å². The Morgan fingerprint density at radius 1 is 1.21 bits per heavy atom. The number of amides is 1. The van der Waals surface area contributed by atoms with Crippen LogP contribution >= 0.6 is 36.2 Å². The van der Waals surface area contributed by atoms with Crippen LogP contribution in [0.1, 0.15) is 11.6 Å². The predicted molar refractivity (Wildman–Crippen MR) is 116 cm³/mol. The minimum Gasteiger partial charge on any atom is -0.352 e. The topological polar surface area (TPSA) is 79.2 Å². The predicted octanol–water partition coefficient (Wildman–Crippen LogP) is 1.88. The Bertz CT molecular complexity index is 923. The van der Waals surface area contributed by atoms with Crippen molar-refractivity contribution in [3.63, 3.8) is 0 Å². The Hall–Kier alpha value is -1.94. The fraction of sp³-hybridized carbons (Fsp3) is 0.412. The highest BCUT2D eigenvalue weighted by Gasteiger charge is 2.29. The molecule has 0 bridgehead atoms. The van der Waals surface area contributed by atoms with Crippen molar-refractivity contribution in [2.45, 2.75) is 6.04 Å². The van der Waals surface area contributed by atoms with E-state index in [-0.39, 0.29) is 36.8 Å². The molecule has 0 saturated carbocycles. The molecule has 0 aliphatic carbocycles. The van der Waals surface area contributed by atoms with Gasteiger partial charge in [0, 0.05) is 45.0 Å². The van der Waals surface area contributed by atoms with Gasteiger partial charge in [0.2, 0.25) is 5.91 Å². The van der Waals surface area contributed by atoms with Crippen LogP contribution in [0.3, 0.4) is 0 Å². The van der Waals surface area contributed by atoms with Gasteiger partial charge in [0.05, 0.1) is 11.6 Å². The average Bonchev–Trinajstić information content (AvgIpc) is 3.31. The van der Waals surface area contributed by atoms with Gasteiger partial charge in [0.15, 0.2) is 0 Å². The highest BCUT2D eigenvalue weighted by Crippen LogP contribution is 2.27. The second-order valence-electron chi connectivity index (χ2n) is 6.32. The molecule has 1 amide bonds. The summed E-state index contributed by atoms with van der Waals surface area (Å²) >= 11 is 1.62. The maximum atomic E-state index is 12.9. The van der Waals surface area contributed by atoms with Gasteiger partial charge in [-0.05, 0) is 18.5 Å². The molecule has 4 heterocycles. The van der Waals surface area contributed by atoms with E-state index in [4.69, 9.17) is 0 Å². The van der Waals surface area contributed by atoms with Gasteiger partial charge in [0.1, 0.15) is 23.0 Å². The first kappa shape index (κ1) is 22.4. The molecule has 1 atom stereocenters. The van der Waals surface area contributed by atoms with Crippen LogP contribution in [0.2, 0.25) is 0 Å². The summed E-state index contributed by atoms with van der Waals surface area (Å²) in [4.78, 5) is 26.9. The van der Waals surface area contributed by atoms with E-state index >= 15 is 0 Å². The molecule has 4 rings (SSSR count). The number of nitrogens with one attached hydrogen (secondary N) is 1. The molecule has 0 radical (unpaired) electrons. The van der Waals surface area contributed by atoms with Gasteiger partial charge in [-0.3, -0.25) is 9.48 Å². The number of rotatable bonds is 4. The van der Waals surface area contributed by atoms with E-state index in [1.807, 2.05) is 23.5 Å². The second kappa shape index (κ2) is 9.51. The van der Waals surface area contributed by atoms with Crippen molar-refractivity contribution in [1.29, 1.82) is 0 Å². The van der Waals surface area contributed by atoms with Crippen molar-refractivity contribution in [1.82, 2.24) is 30.0 Å². The van der Waals surface area contributed by atoms with E-state index in [9.17, 15) is 4.79 Å². The summed E-state index contributed by atoms with van der Waals surface area (Å²) in [6, 6.07) is 1.70. The molecular formula is C17H23Cl2N7OS. The molecule has 1 aliphatic rings. The zero-order valence-corrected chi connectivity index (χ0v) is 18.1.